The third-order valence-electron chi connectivity index (χ3n) is 3.81. The molecule has 2 rings (SSSR count). The third-order valence-corrected chi connectivity index (χ3v) is 4.24. The number of rotatable bonds is 9. The number of nitrogens with two attached hydrogens (primary N) is 1. The predicted molar refractivity (Wildman–Crippen MR) is 101 cm³/mol. The monoisotopic (exact) mass is 361 g/mol. The standard InChI is InChI=1S/C18H27N5OS/c1-14(2)11-22-17(10-9-16(19)24)20-23(18(22)25)13-21(3)12-15-7-5-4-6-8-15/h4-8,14H,9-13H2,1-3H3,(H2,19,24). The summed E-state index contributed by atoms with van der Waals surface area (Å²) in [4.78, 5) is 13.3. The van der Waals surface area contributed by atoms with E-state index in [0.29, 0.717) is 23.8 Å². The highest BCUT2D eigenvalue weighted by Crippen LogP contribution is 2.10. The molecule has 1 heterocycles. The van der Waals surface area contributed by atoms with Crippen LogP contribution in [0.3, 0.4) is 0 Å². The molecule has 6 nitrogen and oxygen atoms in total. The van der Waals surface area contributed by atoms with Crippen LogP contribution in [0, 0.1) is 10.7 Å². The van der Waals surface area contributed by atoms with Crippen molar-refractivity contribution in [2.75, 3.05) is 7.05 Å². The van der Waals surface area contributed by atoms with Gasteiger partial charge in [0.1, 0.15) is 5.82 Å². The van der Waals surface area contributed by atoms with Crippen molar-refractivity contribution in [3.8, 4) is 0 Å². The van der Waals surface area contributed by atoms with E-state index in [-0.39, 0.29) is 12.3 Å². The second-order valence-electron chi connectivity index (χ2n) is 6.81. The highest BCUT2D eigenvalue weighted by molar-refractivity contribution is 7.71. The minimum Gasteiger partial charge on any atom is -0.370 e. The van der Waals surface area contributed by atoms with Gasteiger partial charge in [-0.25, -0.2) is 4.68 Å². The van der Waals surface area contributed by atoms with Crippen LogP contribution in [0.25, 0.3) is 0 Å². The summed E-state index contributed by atoms with van der Waals surface area (Å²) in [6, 6.07) is 10.3. The molecular weight excluding hydrogens is 334 g/mol. The van der Waals surface area contributed by atoms with E-state index in [1.165, 1.54) is 5.56 Å². The van der Waals surface area contributed by atoms with Gasteiger partial charge in [-0.05, 0) is 30.7 Å². The van der Waals surface area contributed by atoms with Gasteiger partial charge in [0.15, 0.2) is 4.77 Å². The van der Waals surface area contributed by atoms with Gasteiger partial charge in [-0.15, -0.1) is 0 Å². The number of aryl methyl sites for hydroxylation is 1. The summed E-state index contributed by atoms with van der Waals surface area (Å²) in [5, 5.41) is 4.64. The average molecular weight is 362 g/mol. The normalized spacial score (nSPS) is 11.4. The number of hydrogen-bond acceptors (Lipinski definition) is 4. The van der Waals surface area contributed by atoms with Crippen molar-refractivity contribution < 1.29 is 4.79 Å². The van der Waals surface area contributed by atoms with Crippen LogP contribution in [0.4, 0.5) is 0 Å². The number of carbonyl (C=O) groups excluding carboxylic acids is 1. The Morgan fingerprint density at radius 1 is 1.32 bits per heavy atom. The summed E-state index contributed by atoms with van der Waals surface area (Å²) < 4.78 is 4.55. The average Bonchev–Trinajstić information content (AvgIpc) is 2.82. The molecule has 0 aliphatic carbocycles. The van der Waals surface area contributed by atoms with E-state index >= 15 is 0 Å². The quantitative estimate of drug-likeness (QED) is 0.697. The van der Waals surface area contributed by atoms with Crippen molar-refractivity contribution in [1.29, 1.82) is 0 Å². The molecule has 0 aliphatic rings. The van der Waals surface area contributed by atoms with Gasteiger partial charge >= 0.3 is 0 Å². The smallest absolute Gasteiger partial charge is 0.217 e. The molecule has 25 heavy (non-hydrogen) atoms. The van der Waals surface area contributed by atoms with Gasteiger partial charge in [0, 0.05) is 25.9 Å². The zero-order chi connectivity index (χ0) is 18.4. The van der Waals surface area contributed by atoms with Gasteiger partial charge < -0.3 is 10.3 Å². The maximum atomic E-state index is 11.1. The molecule has 1 aromatic heterocycles. The molecule has 0 radical (unpaired) electrons. The summed E-state index contributed by atoms with van der Waals surface area (Å²) in [5.41, 5.74) is 6.53. The summed E-state index contributed by atoms with van der Waals surface area (Å²) in [5.74, 6) is 0.946. The lowest BCUT2D eigenvalue weighted by Crippen LogP contribution is -2.22. The highest BCUT2D eigenvalue weighted by Gasteiger charge is 2.14. The number of nitrogens with zero attached hydrogens (tertiary/aromatic N) is 4. The van der Waals surface area contributed by atoms with E-state index in [1.54, 1.807) is 0 Å². The van der Waals surface area contributed by atoms with E-state index in [0.717, 1.165) is 18.9 Å². The number of amides is 1. The van der Waals surface area contributed by atoms with E-state index in [9.17, 15) is 4.79 Å². The SMILES string of the molecule is CC(C)Cn1c(CCC(N)=O)nn(CN(C)Cc2ccccc2)c1=S. The minimum atomic E-state index is -0.322. The first-order chi connectivity index (χ1) is 11.9. The van der Waals surface area contributed by atoms with Crippen molar-refractivity contribution in [3.63, 3.8) is 0 Å². The zero-order valence-corrected chi connectivity index (χ0v) is 16.0. The van der Waals surface area contributed by atoms with Gasteiger partial charge in [-0.1, -0.05) is 44.2 Å². The summed E-state index contributed by atoms with van der Waals surface area (Å²) in [6.45, 7) is 6.48. The Bertz CT molecular complexity index is 751. The van der Waals surface area contributed by atoms with Crippen LogP contribution >= 0.6 is 12.2 Å². The van der Waals surface area contributed by atoms with Gasteiger partial charge in [0.05, 0.1) is 6.67 Å². The first-order valence-corrected chi connectivity index (χ1v) is 8.95. The third kappa shape index (κ3) is 5.79. The Morgan fingerprint density at radius 2 is 2.00 bits per heavy atom. The molecule has 7 heteroatoms. The van der Waals surface area contributed by atoms with E-state index in [4.69, 9.17) is 18.0 Å². The number of hydrogen-bond donors (Lipinski definition) is 1. The first kappa shape index (κ1) is 19.3. The molecule has 1 amide bonds. The summed E-state index contributed by atoms with van der Waals surface area (Å²) in [7, 11) is 2.04. The number of aromatic nitrogens is 3. The van der Waals surface area contributed by atoms with Crippen LogP contribution in [0.2, 0.25) is 0 Å². The zero-order valence-electron chi connectivity index (χ0n) is 15.2. The predicted octanol–water partition coefficient (Wildman–Crippen LogP) is 2.58. The molecule has 2 aromatic rings. The second kappa shape index (κ2) is 8.92. The number of carbonyl (C=O) groups is 1. The maximum Gasteiger partial charge on any atom is 0.217 e. The van der Waals surface area contributed by atoms with Crippen molar-refractivity contribution >= 4 is 18.1 Å². The first-order valence-electron chi connectivity index (χ1n) is 8.54. The minimum absolute atomic E-state index is 0.281. The Morgan fingerprint density at radius 3 is 2.60 bits per heavy atom. The lowest BCUT2D eigenvalue weighted by atomic mass is 10.2. The van der Waals surface area contributed by atoms with Crippen LogP contribution in [0.5, 0.6) is 0 Å². The summed E-state index contributed by atoms with van der Waals surface area (Å²) >= 11 is 5.61. The summed E-state index contributed by atoms with van der Waals surface area (Å²) in [6.07, 6.45) is 0.796. The lowest BCUT2D eigenvalue weighted by Gasteiger charge is -2.16. The molecule has 0 bridgehead atoms. The van der Waals surface area contributed by atoms with Gasteiger partial charge in [0.2, 0.25) is 5.91 Å². The van der Waals surface area contributed by atoms with Gasteiger partial charge in [-0.3, -0.25) is 9.69 Å². The highest BCUT2D eigenvalue weighted by atomic mass is 32.1. The van der Waals surface area contributed by atoms with E-state index < -0.39 is 0 Å². The molecule has 1 aromatic carbocycles. The molecule has 2 N–H and O–H groups in total. The molecule has 0 saturated carbocycles. The topological polar surface area (TPSA) is 69.1 Å². The fourth-order valence-corrected chi connectivity index (χ4v) is 3.00. The molecule has 0 spiro atoms. The van der Waals surface area contributed by atoms with Gasteiger partial charge in [-0.2, -0.15) is 5.10 Å². The van der Waals surface area contributed by atoms with Crippen molar-refractivity contribution in [2.45, 2.75) is 46.4 Å². The van der Waals surface area contributed by atoms with E-state index in [2.05, 4.69) is 36.0 Å². The van der Waals surface area contributed by atoms with Crippen LogP contribution in [-0.2, 0) is 31.0 Å². The van der Waals surface area contributed by atoms with Crippen molar-refractivity contribution in [1.82, 2.24) is 19.2 Å². The van der Waals surface area contributed by atoms with Crippen LogP contribution < -0.4 is 5.73 Å². The van der Waals surface area contributed by atoms with Crippen LogP contribution in [-0.4, -0.2) is 32.2 Å². The molecule has 0 aliphatic heterocycles. The molecule has 136 valence electrons. The van der Waals surface area contributed by atoms with Crippen LogP contribution in [0.1, 0.15) is 31.7 Å². The second-order valence-corrected chi connectivity index (χ2v) is 7.18. The van der Waals surface area contributed by atoms with Crippen molar-refractivity contribution in [3.05, 3.63) is 46.5 Å². The number of benzene rings is 1. The Hall–Kier alpha value is -1.99. The largest absolute Gasteiger partial charge is 0.370 e. The Kier molecular flexibility index (Phi) is 6.90. The Balaban J connectivity index is 2.16. The molecule has 0 saturated heterocycles. The van der Waals surface area contributed by atoms with E-state index in [1.807, 2.05) is 34.5 Å². The maximum absolute atomic E-state index is 11.1. The fraction of sp³-hybridized carbons (Fsp3) is 0.500. The van der Waals surface area contributed by atoms with Gasteiger partial charge in [0.25, 0.3) is 0 Å². The van der Waals surface area contributed by atoms with Crippen LogP contribution in [0.15, 0.2) is 30.3 Å². The molecular formula is C18H27N5OS. The molecule has 0 fully saturated rings. The molecule has 0 atom stereocenters. The number of primary amides is 1. The Labute approximate surface area is 154 Å². The fourth-order valence-electron chi connectivity index (χ4n) is 2.72. The molecule has 0 unspecified atom stereocenters. The van der Waals surface area contributed by atoms with Crippen molar-refractivity contribution in [2.24, 2.45) is 11.7 Å². The lowest BCUT2D eigenvalue weighted by molar-refractivity contribution is -0.118.